The van der Waals surface area contributed by atoms with Crippen LogP contribution >= 0.6 is 0 Å². The molecule has 1 aliphatic carbocycles. The van der Waals surface area contributed by atoms with E-state index in [-0.39, 0.29) is 0 Å². The van der Waals surface area contributed by atoms with Crippen molar-refractivity contribution in [3.05, 3.63) is 247 Å². The molecule has 11 aromatic rings. The van der Waals surface area contributed by atoms with Crippen LogP contribution in [-0.4, -0.2) is 9.13 Å². The van der Waals surface area contributed by atoms with Crippen LogP contribution in [0.3, 0.4) is 0 Å². The number of rotatable bonds is 9. The fraction of sp³-hybridized carbons (Fsp3) is 0.0645. The van der Waals surface area contributed by atoms with Gasteiger partial charge < -0.3 is 18.9 Å². The number of para-hydroxylation sites is 3. The lowest BCUT2D eigenvalue weighted by Gasteiger charge is -2.28. The van der Waals surface area contributed by atoms with E-state index >= 15 is 0 Å². The molecule has 316 valence electrons. The quantitative estimate of drug-likeness (QED) is 0.144. The van der Waals surface area contributed by atoms with Crippen molar-refractivity contribution in [2.45, 2.75) is 26.7 Å². The molecular weight excluding hydrogens is 801 g/mol. The molecule has 0 radical (unpaired) electrons. The summed E-state index contributed by atoms with van der Waals surface area (Å²) in [6.07, 6.45) is 9.01. The molecule has 0 bridgehead atoms. The summed E-state index contributed by atoms with van der Waals surface area (Å²) in [5.41, 5.74) is 18.8. The van der Waals surface area contributed by atoms with Gasteiger partial charge in [-0.1, -0.05) is 126 Å². The van der Waals surface area contributed by atoms with E-state index in [1.807, 2.05) is 0 Å². The molecule has 0 spiro atoms. The molecule has 0 saturated heterocycles. The molecule has 4 heteroatoms. The van der Waals surface area contributed by atoms with Crippen LogP contribution in [0.5, 0.6) is 0 Å². The summed E-state index contributed by atoms with van der Waals surface area (Å²) in [6, 6.07) is 77.8. The highest BCUT2D eigenvalue weighted by Crippen LogP contribution is 2.42. The highest BCUT2D eigenvalue weighted by molar-refractivity contribution is 6.12. The van der Waals surface area contributed by atoms with Crippen molar-refractivity contribution in [3.63, 3.8) is 0 Å². The predicted molar refractivity (Wildman–Crippen MR) is 280 cm³/mol. The predicted octanol–water partition coefficient (Wildman–Crippen LogP) is 17.0. The van der Waals surface area contributed by atoms with Crippen molar-refractivity contribution in [3.8, 4) is 22.5 Å². The number of hydrogen-bond donors (Lipinski definition) is 0. The molecule has 1 aliphatic rings. The molecule has 2 aromatic heterocycles. The number of aromatic nitrogens is 2. The van der Waals surface area contributed by atoms with E-state index in [1.54, 1.807) is 0 Å². The highest BCUT2D eigenvalue weighted by Gasteiger charge is 2.20. The summed E-state index contributed by atoms with van der Waals surface area (Å²) < 4.78 is 4.77. The van der Waals surface area contributed by atoms with E-state index in [0.29, 0.717) is 0 Å². The van der Waals surface area contributed by atoms with Crippen molar-refractivity contribution in [2.24, 2.45) is 0 Å². The Labute approximate surface area is 385 Å². The lowest BCUT2D eigenvalue weighted by Crippen LogP contribution is -2.16. The first-order valence-electron chi connectivity index (χ1n) is 23.0. The molecule has 2 heterocycles. The third-order valence-corrected chi connectivity index (χ3v) is 13.2. The van der Waals surface area contributed by atoms with Gasteiger partial charge in [0.25, 0.3) is 0 Å². The molecule has 0 aliphatic heterocycles. The van der Waals surface area contributed by atoms with Crippen LogP contribution in [0.15, 0.2) is 236 Å². The minimum atomic E-state index is 1.02. The minimum absolute atomic E-state index is 1.02. The lowest BCUT2D eigenvalue weighted by molar-refractivity contribution is 0.997. The number of anilines is 5. The maximum absolute atomic E-state index is 2.41. The van der Waals surface area contributed by atoms with E-state index in [1.165, 1.54) is 82.9 Å². The molecule has 0 amide bonds. The Kier molecular flexibility index (Phi) is 9.72. The summed E-state index contributed by atoms with van der Waals surface area (Å²) in [4.78, 5) is 4.77. The van der Waals surface area contributed by atoms with Gasteiger partial charge in [-0.2, -0.15) is 0 Å². The van der Waals surface area contributed by atoms with Crippen LogP contribution in [0.1, 0.15) is 24.0 Å². The number of hydrogen-bond acceptors (Lipinski definition) is 2. The van der Waals surface area contributed by atoms with Crippen molar-refractivity contribution < 1.29 is 0 Å². The number of allylic oxidation sites excluding steroid dienone is 3. The summed E-state index contributed by atoms with van der Waals surface area (Å²) >= 11 is 0. The van der Waals surface area contributed by atoms with Crippen molar-refractivity contribution >= 4 is 72.0 Å². The standard InChI is InChI=1S/C62H48N4/c1-43-21-29-51(30-22-43)65-59-19-11-9-17-55(59)57-41-53(37-39-61(57)65)63(47-13-5-3-6-14-47)49-33-25-45(26-34-49)46-27-35-50(36-28-46)64(48-15-7-4-8-16-48)54-38-40-62-58(42-54)56-18-10-12-20-60(56)66(62)52-31-23-44(2)24-32-52/h3,5-7,9-42H,4,8H2,1-2H3. The average molecular weight is 849 g/mol. The van der Waals surface area contributed by atoms with Crippen LogP contribution in [0, 0.1) is 13.8 Å². The molecule has 4 nitrogen and oxygen atoms in total. The molecule has 0 fully saturated rings. The van der Waals surface area contributed by atoms with E-state index in [4.69, 9.17) is 0 Å². The van der Waals surface area contributed by atoms with Gasteiger partial charge in [-0.05, 0) is 153 Å². The SMILES string of the molecule is Cc1ccc(-n2c3ccccc3c3cc(N(C4=CCCC=C4)c4ccc(-c5ccc(N(c6ccccc6)c6ccc7c(c6)c6ccccc6n7-c6ccc(C)cc6)cc5)cc4)ccc32)cc1. The molecule has 9 aromatic carbocycles. The van der Waals surface area contributed by atoms with E-state index in [2.05, 4.69) is 263 Å². The topological polar surface area (TPSA) is 16.3 Å². The van der Waals surface area contributed by atoms with Crippen LogP contribution in [0.4, 0.5) is 28.4 Å². The van der Waals surface area contributed by atoms with Gasteiger partial charge in [-0.3, -0.25) is 0 Å². The van der Waals surface area contributed by atoms with Gasteiger partial charge in [0.15, 0.2) is 0 Å². The lowest BCUT2D eigenvalue weighted by atomic mass is 10.0. The molecule has 0 saturated carbocycles. The van der Waals surface area contributed by atoms with E-state index in [9.17, 15) is 0 Å². The van der Waals surface area contributed by atoms with Crippen LogP contribution in [0.25, 0.3) is 66.1 Å². The van der Waals surface area contributed by atoms with Crippen molar-refractivity contribution in [1.29, 1.82) is 0 Å². The van der Waals surface area contributed by atoms with Gasteiger partial charge >= 0.3 is 0 Å². The summed E-state index contributed by atoms with van der Waals surface area (Å²) in [5.74, 6) is 0. The maximum Gasteiger partial charge on any atom is 0.0542 e. The second kappa shape index (κ2) is 16.3. The first-order chi connectivity index (χ1) is 32.6. The third-order valence-electron chi connectivity index (χ3n) is 13.2. The fourth-order valence-corrected chi connectivity index (χ4v) is 9.99. The summed E-state index contributed by atoms with van der Waals surface area (Å²) in [7, 11) is 0. The zero-order chi connectivity index (χ0) is 44.1. The Hall–Kier alpha value is -8.34. The molecular formula is C62H48N4. The van der Waals surface area contributed by atoms with Crippen molar-refractivity contribution in [1.82, 2.24) is 9.13 Å². The van der Waals surface area contributed by atoms with E-state index < -0.39 is 0 Å². The van der Waals surface area contributed by atoms with Crippen LogP contribution in [0.2, 0.25) is 0 Å². The number of nitrogens with zero attached hydrogens (tertiary/aromatic N) is 4. The first kappa shape index (κ1) is 39.3. The normalized spacial score (nSPS) is 12.6. The molecule has 0 unspecified atom stereocenters. The summed E-state index contributed by atoms with van der Waals surface area (Å²) in [5, 5.41) is 4.95. The zero-order valence-electron chi connectivity index (χ0n) is 37.1. The Balaban J connectivity index is 0.895. The van der Waals surface area contributed by atoms with Gasteiger partial charge in [0.1, 0.15) is 0 Å². The molecule has 66 heavy (non-hydrogen) atoms. The van der Waals surface area contributed by atoms with Gasteiger partial charge in [0, 0.05) is 67.1 Å². The van der Waals surface area contributed by atoms with E-state index in [0.717, 1.165) is 41.3 Å². The van der Waals surface area contributed by atoms with Gasteiger partial charge in [0.2, 0.25) is 0 Å². The Morgan fingerprint density at radius 3 is 1.27 bits per heavy atom. The Morgan fingerprint density at radius 2 is 0.773 bits per heavy atom. The maximum atomic E-state index is 2.41. The molecule has 0 N–H and O–H groups in total. The van der Waals surface area contributed by atoms with Crippen LogP contribution < -0.4 is 9.80 Å². The first-order valence-corrected chi connectivity index (χ1v) is 23.0. The van der Waals surface area contributed by atoms with Gasteiger partial charge in [-0.15, -0.1) is 0 Å². The number of fused-ring (bicyclic) bond motifs is 6. The van der Waals surface area contributed by atoms with Gasteiger partial charge in [0.05, 0.1) is 22.1 Å². The molecule has 12 rings (SSSR count). The smallest absolute Gasteiger partial charge is 0.0542 e. The second-order valence-electron chi connectivity index (χ2n) is 17.5. The summed E-state index contributed by atoms with van der Waals surface area (Å²) in [6.45, 7) is 4.28. The largest absolute Gasteiger partial charge is 0.311 e. The van der Waals surface area contributed by atoms with Gasteiger partial charge in [-0.25, -0.2) is 0 Å². The number of aryl methyl sites for hydroxylation is 2. The fourth-order valence-electron chi connectivity index (χ4n) is 9.99. The Bertz CT molecular complexity index is 3630. The highest BCUT2D eigenvalue weighted by atomic mass is 15.2. The monoisotopic (exact) mass is 848 g/mol. The second-order valence-corrected chi connectivity index (χ2v) is 17.5. The number of benzene rings is 9. The molecule has 0 atom stereocenters. The minimum Gasteiger partial charge on any atom is -0.311 e. The third kappa shape index (κ3) is 6.86. The van der Waals surface area contributed by atoms with Crippen LogP contribution in [-0.2, 0) is 0 Å². The Morgan fingerprint density at radius 1 is 0.348 bits per heavy atom. The zero-order valence-corrected chi connectivity index (χ0v) is 37.1. The van der Waals surface area contributed by atoms with Crippen molar-refractivity contribution in [2.75, 3.05) is 9.80 Å². The average Bonchev–Trinajstić information content (AvgIpc) is 3.88.